The van der Waals surface area contributed by atoms with E-state index in [1.807, 2.05) is 0 Å². The smallest absolute Gasteiger partial charge is 0.337 e. The van der Waals surface area contributed by atoms with Gasteiger partial charge < -0.3 is 20.8 Å². The van der Waals surface area contributed by atoms with Gasteiger partial charge in [-0.1, -0.05) is 20.8 Å². The zero-order valence-corrected chi connectivity index (χ0v) is 16.3. The molecule has 1 spiro atoms. The van der Waals surface area contributed by atoms with E-state index in [0.717, 1.165) is 24.7 Å². The summed E-state index contributed by atoms with van der Waals surface area (Å²) in [5.74, 6) is -2.14. The Hall–Kier alpha value is -2.16. The average Bonchev–Trinajstić information content (AvgIpc) is 2.77. The first-order valence-electron chi connectivity index (χ1n) is 9.15. The summed E-state index contributed by atoms with van der Waals surface area (Å²) >= 11 is 0. The molecule has 4 amide bonds. The fourth-order valence-electron chi connectivity index (χ4n) is 3.68. The van der Waals surface area contributed by atoms with Crippen LogP contribution in [0.3, 0.4) is 0 Å². The Balaban J connectivity index is 1.97. The SMILES string of the molecule is CC(O)(CNC(=O)CN1C(=O)NC2(CCC(C(C)(C)C)CC2)C1=O)C(=O)O. The van der Waals surface area contributed by atoms with Crippen molar-refractivity contribution in [1.29, 1.82) is 0 Å². The number of aliphatic carboxylic acids is 1. The topological polar surface area (TPSA) is 136 Å². The highest BCUT2D eigenvalue weighted by atomic mass is 16.4. The van der Waals surface area contributed by atoms with Gasteiger partial charge in [-0.05, 0) is 43.9 Å². The van der Waals surface area contributed by atoms with Crippen LogP contribution in [0, 0.1) is 11.3 Å². The molecular weight excluding hydrogens is 354 g/mol. The summed E-state index contributed by atoms with van der Waals surface area (Å²) in [7, 11) is 0. The quantitative estimate of drug-likeness (QED) is 0.509. The minimum Gasteiger partial charge on any atom is -0.479 e. The van der Waals surface area contributed by atoms with Crippen molar-refractivity contribution in [2.24, 2.45) is 11.3 Å². The number of nitrogens with one attached hydrogen (secondary N) is 2. The second-order valence-corrected chi connectivity index (χ2v) is 8.90. The third-order valence-electron chi connectivity index (χ3n) is 5.70. The third kappa shape index (κ3) is 4.40. The maximum absolute atomic E-state index is 12.8. The van der Waals surface area contributed by atoms with Gasteiger partial charge in [0.25, 0.3) is 5.91 Å². The fourth-order valence-corrected chi connectivity index (χ4v) is 3.68. The molecule has 0 aromatic carbocycles. The minimum atomic E-state index is -2.13. The van der Waals surface area contributed by atoms with Crippen LogP contribution in [-0.2, 0) is 14.4 Å². The van der Waals surface area contributed by atoms with Gasteiger partial charge in [-0.2, -0.15) is 0 Å². The lowest BCUT2D eigenvalue weighted by Crippen LogP contribution is -2.51. The number of urea groups is 1. The molecule has 2 fully saturated rings. The van der Waals surface area contributed by atoms with Crippen LogP contribution in [0.5, 0.6) is 0 Å². The van der Waals surface area contributed by atoms with Gasteiger partial charge in [0, 0.05) is 0 Å². The van der Waals surface area contributed by atoms with Crippen molar-refractivity contribution in [3.63, 3.8) is 0 Å². The molecule has 1 unspecified atom stereocenters. The summed E-state index contributed by atoms with van der Waals surface area (Å²) in [6.07, 6.45) is 2.70. The summed E-state index contributed by atoms with van der Waals surface area (Å²) in [6, 6.07) is -0.616. The molecule has 1 saturated heterocycles. The lowest BCUT2D eigenvalue weighted by Gasteiger charge is -2.40. The summed E-state index contributed by atoms with van der Waals surface area (Å²) in [6.45, 7) is 6.49. The number of carboxylic acid groups (broad SMARTS) is 1. The van der Waals surface area contributed by atoms with Crippen molar-refractivity contribution in [3.8, 4) is 0 Å². The highest BCUT2D eigenvalue weighted by Crippen LogP contribution is 2.43. The zero-order chi connectivity index (χ0) is 20.6. The summed E-state index contributed by atoms with van der Waals surface area (Å²) in [5, 5.41) is 23.5. The summed E-state index contributed by atoms with van der Waals surface area (Å²) in [5.41, 5.74) is -2.95. The van der Waals surface area contributed by atoms with E-state index in [1.54, 1.807) is 0 Å². The van der Waals surface area contributed by atoms with Gasteiger partial charge in [0.15, 0.2) is 5.60 Å². The van der Waals surface area contributed by atoms with Crippen LogP contribution >= 0.6 is 0 Å². The van der Waals surface area contributed by atoms with Gasteiger partial charge in [-0.3, -0.25) is 14.5 Å². The first-order valence-corrected chi connectivity index (χ1v) is 9.15. The summed E-state index contributed by atoms with van der Waals surface area (Å²) in [4.78, 5) is 48.8. The van der Waals surface area contributed by atoms with E-state index < -0.39 is 48.0 Å². The van der Waals surface area contributed by atoms with Gasteiger partial charge in [-0.25, -0.2) is 9.59 Å². The van der Waals surface area contributed by atoms with Crippen LogP contribution in [0.1, 0.15) is 53.4 Å². The monoisotopic (exact) mass is 383 g/mol. The molecule has 0 aromatic heterocycles. The van der Waals surface area contributed by atoms with E-state index in [9.17, 15) is 24.3 Å². The second-order valence-electron chi connectivity index (χ2n) is 8.90. The second kappa shape index (κ2) is 7.10. The van der Waals surface area contributed by atoms with E-state index in [2.05, 4.69) is 31.4 Å². The molecule has 0 bridgehead atoms. The average molecular weight is 383 g/mol. The van der Waals surface area contributed by atoms with Crippen molar-refractivity contribution in [2.45, 2.75) is 64.5 Å². The normalized spacial score (nSPS) is 28.0. The molecule has 1 saturated carbocycles. The minimum absolute atomic E-state index is 0.133. The van der Waals surface area contributed by atoms with E-state index >= 15 is 0 Å². The van der Waals surface area contributed by atoms with Crippen molar-refractivity contribution in [2.75, 3.05) is 13.1 Å². The predicted octanol–water partition coefficient (Wildman–Crippen LogP) is 0.465. The first kappa shape index (κ1) is 21.1. The van der Waals surface area contributed by atoms with Gasteiger partial charge >= 0.3 is 12.0 Å². The van der Waals surface area contributed by atoms with Crippen LogP contribution in [0.15, 0.2) is 0 Å². The van der Waals surface area contributed by atoms with Gasteiger partial charge in [-0.15, -0.1) is 0 Å². The number of carboxylic acids is 1. The maximum Gasteiger partial charge on any atom is 0.337 e. The molecule has 2 aliphatic rings. The van der Waals surface area contributed by atoms with Crippen molar-refractivity contribution < 1.29 is 29.4 Å². The fraction of sp³-hybridized carbons (Fsp3) is 0.778. The summed E-state index contributed by atoms with van der Waals surface area (Å²) < 4.78 is 0. The molecule has 27 heavy (non-hydrogen) atoms. The molecule has 152 valence electrons. The predicted molar refractivity (Wildman–Crippen MR) is 95.7 cm³/mol. The number of imide groups is 1. The number of amides is 4. The Morgan fingerprint density at radius 2 is 1.78 bits per heavy atom. The van der Waals surface area contributed by atoms with Crippen LogP contribution in [-0.4, -0.2) is 63.2 Å². The van der Waals surface area contributed by atoms with E-state index in [-0.39, 0.29) is 5.41 Å². The number of rotatable bonds is 5. The Morgan fingerprint density at radius 1 is 1.22 bits per heavy atom. The number of carbonyl (C=O) groups is 4. The van der Waals surface area contributed by atoms with Gasteiger partial charge in [0.2, 0.25) is 5.91 Å². The number of aliphatic hydroxyl groups is 1. The van der Waals surface area contributed by atoms with Crippen LogP contribution < -0.4 is 10.6 Å². The Kier molecular flexibility index (Phi) is 5.56. The number of hydrogen-bond donors (Lipinski definition) is 4. The van der Waals surface area contributed by atoms with Gasteiger partial charge in [0.05, 0.1) is 6.54 Å². The number of hydrogen-bond acceptors (Lipinski definition) is 5. The van der Waals surface area contributed by atoms with Crippen LogP contribution in [0.4, 0.5) is 4.79 Å². The van der Waals surface area contributed by atoms with E-state index in [4.69, 9.17) is 5.11 Å². The first-order chi connectivity index (χ1) is 12.3. The van der Waals surface area contributed by atoms with E-state index in [0.29, 0.717) is 18.8 Å². The molecular formula is C18H29N3O6. The zero-order valence-electron chi connectivity index (χ0n) is 16.3. The molecule has 1 aliphatic heterocycles. The van der Waals surface area contributed by atoms with Crippen LogP contribution in [0.25, 0.3) is 0 Å². The molecule has 1 atom stereocenters. The Bertz CT molecular complexity index is 644. The molecule has 9 heteroatoms. The standard InChI is InChI=1S/C18H29N3O6/c1-16(2,3)11-5-7-18(8-6-11)13(23)21(15(26)20-18)9-12(22)19-10-17(4,27)14(24)25/h11,27H,5-10H2,1-4H3,(H,19,22)(H,20,26)(H,24,25). The Morgan fingerprint density at radius 3 is 2.26 bits per heavy atom. The molecule has 4 N–H and O–H groups in total. The molecule has 2 rings (SSSR count). The highest BCUT2D eigenvalue weighted by Gasteiger charge is 2.53. The number of carbonyl (C=O) groups excluding carboxylic acids is 3. The van der Waals surface area contributed by atoms with Crippen LogP contribution in [0.2, 0.25) is 0 Å². The molecule has 9 nitrogen and oxygen atoms in total. The third-order valence-corrected chi connectivity index (χ3v) is 5.70. The van der Waals surface area contributed by atoms with E-state index in [1.165, 1.54) is 0 Å². The Labute approximate surface area is 158 Å². The molecule has 1 aliphatic carbocycles. The lowest BCUT2D eigenvalue weighted by atomic mass is 9.67. The van der Waals surface area contributed by atoms with Gasteiger partial charge in [0.1, 0.15) is 12.1 Å². The van der Waals surface area contributed by atoms with Crippen molar-refractivity contribution in [3.05, 3.63) is 0 Å². The lowest BCUT2D eigenvalue weighted by molar-refractivity contribution is -0.156. The largest absolute Gasteiger partial charge is 0.479 e. The molecule has 0 radical (unpaired) electrons. The van der Waals surface area contributed by atoms with Crippen molar-refractivity contribution in [1.82, 2.24) is 15.5 Å². The molecule has 1 heterocycles. The number of nitrogens with zero attached hydrogens (tertiary/aromatic N) is 1. The highest BCUT2D eigenvalue weighted by molar-refractivity contribution is 6.09. The van der Waals surface area contributed by atoms with Crippen molar-refractivity contribution >= 4 is 23.8 Å². The molecule has 0 aromatic rings. The maximum atomic E-state index is 12.8.